The van der Waals surface area contributed by atoms with Crippen molar-refractivity contribution in [3.63, 3.8) is 0 Å². The minimum absolute atomic E-state index is 0.0264. The van der Waals surface area contributed by atoms with Gasteiger partial charge in [-0.15, -0.1) is 0 Å². The summed E-state index contributed by atoms with van der Waals surface area (Å²) in [7, 11) is -1.48. The molecular formula is C13H10Cl2FNOS. The smallest absolute Gasteiger partial charge is 0.142 e. The molecule has 0 heterocycles. The summed E-state index contributed by atoms with van der Waals surface area (Å²) >= 11 is 11.8. The molecule has 0 spiro atoms. The van der Waals surface area contributed by atoms with Gasteiger partial charge in [0, 0.05) is 5.69 Å². The van der Waals surface area contributed by atoms with Crippen LogP contribution < -0.4 is 5.73 Å². The molecule has 0 amide bonds. The summed E-state index contributed by atoms with van der Waals surface area (Å²) in [4.78, 5) is 0.351. The van der Waals surface area contributed by atoms with E-state index in [2.05, 4.69) is 0 Å². The van der Waals surface area contributed by atoms with Crippen molar-refractivity contribution in [1.29, 1.82) is 0 Å². The van der Waals surface area contributed by atoms with Crippen LogP contribution in [0.15, 0.2) is 41.3 Å². The minimum Gasteiger partial charge on any atom is -0.398 e. The third-order valence-electron chi connectivity index (χ3n) is 2.54. The first kappa shape index (κ1) is 14.3. The van der Waals surface area contributed by atoms with Crippen molar-refractivity contribution in [2.24, 2.45) is 0 Å². The first-order chi connectivity index (χ1) is 9.00. The van der Waals surface area contributed by atoms with E-state index in [9.17, 15) is 8.60 Å². The third-order valence-corrected chi connectivity index (χ3v) is 4.88. The maximum Gasteiger partial charge on any atom is 0.142 e. The van der Waals surface area contributed by atoms with Crippen LogP contribution in [0.1, 0.15) is 5.56 Å². The van der Waals surface area contributed by atoms with E-state index in [4.69, 9.17) is 28.9 Å². The quantitative estimate of drug-likeness (QED) is 0.869. The lowest BCUT2D eigenvalue weighted by atomic mass is 10.2. The lowest BCUT2D eigenvalue weighted by Crippen LogP contribution is -2.02. The van der Waals surface area contributed by atoms with E-state index in [1.807, 2.05) is 0 Å². The fourth-order valence-corrected chi connectivity index (χ4v) is 3.63. The van der Waals surface area contributed by atoms with Gasteiger partial charge >= 0.3 is 0 Å². The van der Waals surface area contributed by atoms with Crippen LogP contribution in [0.3, 0.4) is 0 Å². The molecule has 0 bridgehead atoms. The van der Waals surface area contributed by atoms with Crippen LogP contribution in [0.25, 0.3) is 0 Å². The van der Waals surface area contributed by atoms with E-state index in [-0.39, 0.29) is 10.8 Å². The highest BCUT2D eigenvalue weighted by atomic mass is 35.5. The molecule has 0 aliphatic carbocycles. The fourth-order valence-electron chi connectivity index (χ4n) is 1.64. The molecule has 2 aromatic carbocycles. The van der Waals surface area contributed by atoms with E-state index in [1.165, 1.54) is 12.1 Å². The Morgan fingerprint density at radius 1 is 1.16 bits per heavy atom. The molecule has 0 aliphatic heterocycles. The van der Waals surface area contributed by atoms with Crippen molar-refractivity contribution in [3.05, 3.63) is 57.8 Å². The van der Waals surface area contributed by atoms with Crippen LogP contribution in [-0.2, 0) is 16.6 Å². The number of nitrogen functional groups attached to an aromatic ring is 1. The van der Waals surface area contributed by atoms with Gasteiger partial charge in [0.25, 0.3) is 0 Å². The molecule has 2 N–H and O–H groups in total. The van der Waals surface area contributed by atoms with Crippen molar-refractivity contribution in [1.82, 2.24) is 0 Å². The highest BCUT2D eigenvalue weighted by Gasteiger charge is 2.15. The predicted octanol–water partition coefficient (Wildman–Crippen LogP) is 4.02. The summed E-state index contributed by atoms with van der Waals surface area (Å²) in [5.41, 5.74) is 6.56. The highest BCUT2D eigenvalue weighted by molar-refractivity contribution is 7.84. The Kier molecular flexibility index (Phi) is 4.45. The maximum absolute atomic E-state index is 13.3. The Balaban J connectivity index is 2.34. The van der Waals surface area contributed by atoms with E-state index >= 15 is 0 Å². The largest absolute Gasteiger partial charge is 0.398 e. The highest BCUT2D eigenvalue weighted by Crippen LogP contribution is 2.29. The number of rotatable bonds is 3. The molecule has 2 aromatic rings. The number of hydrogen-bond donors (Lipinski definition) is 1. The second-order valence-corrected chi connectivity index (χ2v) is 6.03. The first-order valence-electron chi connectivity index (χ1n) is 5.36. The topological polar surface area (TPSA) is 43.1 Å². The van der Waals surface area contributed by atoms with Gasteiger partial charge in [0.2, 0.25) is 0 Å². The third kappa shape index (κ3) is 3.08. The number of anilines is 1. The van der Waals surface area contributed by atoms with Crippen molar-refractivity contribution in [2.45, 2.75) is 10.6 Å². The number of hydrogen-bond acceptors (Lipinski definition) is 2. The molecule has 0 saturated heterocycles. The molecule has 100 valence electrons. The van der Waals surface area contributed by atoms with Gasteiger partial charge < -0.3 is 5.73 Å². The van der Waals surface area contributed by atoms with Crippen molar-refractivity contribution in [2.75, 3.05) is 5.73 Å². The Hall–Kier alpha value is -1.10. The molecule has 0 aliphatic rings. The second-order valence-electron chi connectivity index (χ2n) is 3.86. The summed E-state index contributed by atoms with van der Waals surface area (Å²) in [6.45, 7) is 0. The van der Waals surface area contributed by atoms with Gasteiger partial charge in [-0.25, -0.2) is 4.39 Å². The lowest BCUT2D eigenvalue weighted by molar-refractivity contribution is 0.626. The minimum atomic E-state index is -1.48. The number of benzene rings is 2. The molecule has 2 rings (SSSR count). The second kappa shape index (κ2) is 5.90. The summed E-state index contributed by atoms with van der Waals surface area (Å²) in [6.07, 6.45) is 0. The van der Waals surface area contributed by atoms with Gasteiger partial charge in [-0.1, -0.05) is 41.4 Å². The molecular weight excluding hydrogens is 308 g/mol. The molecule has 0 fully saturated rings. The average molecular weight is 318 g/mol. The van der Waals surface area contributed by atoms with Gasteiger partial charge in [-0.05, 0) is 23.8 Å². The average Bonchev–Trinajstić information content (AvgIpc) is 2.35. The Morgan fingerprint density at radius 2 is 1.84 bits per heavy atom. The van der Waals surface area contributed by atoms with E-state index < -0.39 is 16.6 Å². The van der Waals surface area contributed by atoms with Crippen LogP contribution >= 0.6 is 23.2 Å². The zero-order chi connectivity index (χ0) is 14.0. The SMILES string of the molecule is Nc1cccc(Cl)c1S(=O)Cc1cccc(F)c1Cl. The van der Waals surface area contributed by atoms with Gasteiger partial charge in [0.05, 0.1) is 31.5 Å². The standard InChI is InChI=1S/C13H10Cl2FNOS/c14-9-4-2-6-11(17)13(9)19(18)7-8-3-1-5-10(16)12(8)15/h1-6H,7,17H2. The zero-order valence-electron chi connectivity index (χ0n) is 9.70. The van der Waals surface area contributed by atoms with Gasteiger partial charge in [0.1, 0.15) is 5.82 Å². The van der Waals surface area contributed by atoms with Crippen LogP contribution in [0, 0.1) is 5.82 Å². The monoisotopic (exact) mass is 317 g/mol. The van der Waals surface area contributed by atoms with Gasteiger partial charge in [0.15, 0.2) is 0 Å². The molecule has 2 nitrogen and oxygen atoms in total. The Bertz CT molecular complexity index is 628. The van der Waals surface area contributed by atoms with Crippen LogP contribution in [-0.4, -0.2) is 4.21 Å². The van der Waals surface area contributed by atoms with Gasteiger partial charge in [-0.2, -0.15) is 0 Å². The van der Waals surface area contributed by atoms with Crippen molar-refractivity contribution < 1.29 is 8.60 Å². The fraction of sp³-hybridized carbons (Fsp3) is 0.0769. The molecule has 0 aromatic heterocycles. The predicted molar refractivity (Wildman–Crippen MR) is 77.4 cm³/mol. The normalized spacial score (nSPS) is 12.4. The molecule has 1 unspecified atom stereocenters. The van der Waals surface area contributed by atoms with E-state index in [1.54, 1.807) is 24.3 Å². The summed E-state index contributed by atoms with van der Waals surface area (Å²) < 4.78 is 25.6. The maximum atomic E-state index is 13.3. The number of halogens is 3. The van der Waals surface area contributed by atoms with E-state index in [0.717, 1.165) is 0 Å². The first-order valence-corrected chi connectivity index (χ1v) is 7.43. The molecule has 0 radical (unpaired) electrons. The Labute approximate surface area is 122 Å². The van der Waals surface area contributed by atoms with Crippen LogP contribution in [0.5, 0.6) is 0 Å². The summed E-state index contributed by atoms with van der Waals surface area (Å²) in [5, 5.41) is 0.298. The van der Waals surface area contributed by atoms with Crippen molar-refractivity contribution >= 4 is 39.7 Å². The summed E-state index contributed by atoms with van der Waals surface area (Å²) in [5.74, 6) is -0.479. The van der Waals surface area contributed by atoms with E-state index in [0.29, 0.717) is 21.2 Å². The molecule has 6 heteroatoms. The van der Waals surface area contributed by atoms with Crippen LogP contribution in [0.4, 0.5) is 10.1 Å². The molecule has 0 saturated carbocycles. The number of nitrogens with two attached hydrogens (primary N) is 1. The Morgan fingerprint density at radius 3 is 2.53 bits per heavy atom. The van der Waals surface area contributed by atoms with Crippen molar-refractivity contribution in [3.8, 4) is 0 Å². The molecule has 1 atom stereocenters. The summed E-state index contributed by atoms with van der Waals surface area (Å²) in [6, 6.07) is 9.29. The molecule has 19 heavy (non-hydrogen) atoms. The lowest BCUT2D eigenvalue weighted by Gasteiger charge is -2.09. The van der Waals surface area contributed by atoms with Crippen LogP contribution in [0.2, 0.25) is 10.0 Å². The zero-order valence-corrected chi connectivity index (χ0v) is 12.0. The van der Waals surface area contributed by atoms with Gasteiger partial charge in [-0.3, -0.25) is 4.21 Å².